The van der Waals surface area contributed by atoms with Crippen molar-refractivity contribution < 1.29 is 19.5 Å². The molecule has 0 heterocycles. The van der Waals surface area contributed by atoms with Crippen molar-refractivity contribution in [1.29, 1.82) is 0 Å². The number of nitrogens with zero attached hydrogens (tertiary/aromatic N) is 1. The van der Waals surface area contributed by atoms with Gasteiger partial charge in [-0.3, -0.25) is 14.4 Å². The molecule has 0 spiro atoms. The molecule has 0 saturated heterocycles. The summed E-state index contributed by atoms with van der Waals surface area (Å²) in [5, 5.41) is 11.2. The lowest BCUT2D eigenvalue weighted by molar-refractivity contribution is -0.144. The van der Waals surface area contributed by atoms with Crippen LogP contribution in [0.4, 0.5) is 0 Å². The molecule has 7 heteroatoms. The van der Waals surface area contributed by atoms with Crippen molar-refractivity contribution in [3.05, 3.63) is 35.9 Å². The SMILES string of the molecule is NCC(=O)NCC(=O)N(CC(=O)O)Cc1ccccc1. The van der Waals surface area contributed by atoms with Gasteiger partial charge in [-0.15, -0.1) is 0 Å². The molecule has 2 amide bonds. The van der Waals surface area contributed by atoms with Crippen LogP contribution in [0.1, 0.15) is 5.56 Å². The van der Waals surface area contributed by atoms with Crippen LogP contribution in [-0.4, -0.2) is 47.4 Å². The van der Waals surface area contributed by atoms with Gasteiger partial charge in [-0.2, -0.15) is 0 Å². The fraction of sp³-hybridized carbons (Fsp3) is 0.308. The highest BCUT2D eigenvalue weighted by atomic mass is 16.4. The minimum atomic E-state index is -1.11. The van der Waals surface area contributed by atoms with Gasteiger partial charge in [0.15, 0.2) is 0 Å². The van der Waals surface area contributed by atoms with E-state index in [9.17, 15) is 14.4 Å². The van der Waals surface area contributed by atoms with Crippen molar-refractivity contribution in [2.24, 2.45) is 5.73 Å². The van der Waals surface area contributed by atoms with Crippen LogP contribution in [0.25, 0.3) is 0 Å². The third-order valence-electron chi connectivity index (χ3n) is 2.52. The summed E-state index contributed by atoms with van der Waals surface area (Å²) in [4.78, 5) is 34.9. The first-order valence-corrected chi connectivity index (χ1v) is 6.03. The van der Waals surface area contributed by atoms with Gasteiger partial charge in [-0.25, -0.2) is 0 Å². The van der Waals surface area contributed by atoms with Crippen LogP contribution < -0.4 is 11.1 Å². The number of benzene rings is 1. The number of nitrogens with one attached hydrogen (secondary N) is 1. The number of rotatable bonds is 7. The summed E-state index contributed by atoms with van der Waals surface area (Å²) >= 11 is 0. The molecule has 0 fully saturated rings. The second-order valence-electron chi connectivity index (χ2n) is 4.11. The molecule has 1 aromatic rings. The van der Waals surface area contributed by atoms with E-state index in [-0.39, 0.29) is 19.6 Å². The molecule has 4 N–H and O–H groups in total. The Morgan fingerprint density at radius 2 is 1.85 bits per heavy atom. The van der Waals surface area contributed by atoms with Crippen LogP contribution in [0.3, 0.4) is 0 Å². The van der Waals surface area contributed by atoms with Crippen molar-refractivity contribution in [1.82, 2.24) is 10.2 Å². The van der Waals surface area contributed by atoms with Gasteiger partial charge in [-0.1, -0.05) is 30.3 Å². The maximum atomic E-state index is 11.9. The molecule has 1 rings (SSSR count). The van der Waals surface area contributed by atoms with Crippen LogP contribution in [0.2, 0.25) is 0 Å². The number of carboxylic acid groups (broad SMARTS) is 1. The molecule has 108 valence electrons. The fourth-order valence-corrected chi connectivity index (χ4v) is 1.56. The van der Waals surface area contributed by atoms with Crippen molar-refractivity contribution in [3.8, 4) is 0 Å². The number of carbonyl (C=O) groups excluding carboxylic acids is 2. The minimum absolute atomic E-state index is 0.171. The molecule has 0 aliphatic heterocycles. The second-order valence-corrected chi connectivity index (χ2v) is 4.11. The average molecular weight is 279 g/mol. The van der Waals surface area contributed by atoms with E-state index in [1.807, 2.05) is 6.07 Å². The maximum Gasteiger partial charge on any atom is 0.323 e. The monoisotopic (exact) mass is 279 g/mol. The van der Waals surface area contributed by atoms with E-state index < -0.39 is 24.3 Å². The van der Waals surface area contributed by atoms with Gasteiger partial charge in [0, 0.05) is 6.54 Å². The molecular formula is C13H17N3O4. The molecule has 0 radical (unpaired) electrons. The Hall–Kier alpha value is -2.41. The van der Waals surface area contributed by atoms with Gasteiger partial charge in [0.1, 0.15) is 6.54 Å². The van der Waals surface area contributed by atoms with Gasteiger partial charge in [-0.05, 0) is 5.56 Å². The number of hydrogen-bond donors (Lipinski definition) is 3. The number of carboxylic acids is 1. The Balaban J connectivity index is 2.66. The Labute approximate surface area is 116 Å². The maximum absolute atomic E-state index is 11.9. The topological polar surface area (TPSA) is 113 Å². The van der Waals surface area contributed by atoms with E-state index in [1.54, 1.807) is 24.3 Å². The van der Waals surface area contributed by atoms with Crippen LogP contribution in [0.5, 0.6) is 0 Å². The fourth-order valence-electron chi connectivity index (χ4n) is 1.56. The Kier molecular flexibility index (Phi) is 6.18. The first-order valence-electron chi connectivity index (χ1n) is 6.03. The van der Waals surface area contributed by atoms with E-state index >= 15 is 0 Å². The first-order chi connectivity index (χ1) is 9.52. The van der Waals surface area contributed by atoms with Crippen LogP contribution in [0.15, 0.2) is 30.3 Å². The number of hydrogen-bond acceptors (Lipinski definition) is 4. The molecule has 0 unspecified atom stereocenters. The molecule has 0 bridgehead atoms. The molecule has 0 atom stereocenters. The van der Waals surface area contributed by atoms with Crippen molar-refractivity contribution in [2.75, 3.05) is 19.6 Å². The summed E-state index contributed by atoms with van der Waals surface area (Å²) in [6, 6.07) is 9.01. The highest BCUT2D eigenvalue weighted by Gasteiger charge is 2.17. The van der Waals surface area contributed by atoms with Crippen molar-refractivity contribution in [2.45, 2.75) is 6.54 Å². The third-order valence-corrected chi connectivity index (χ3v) is 2.52. The lowest BCUT2D eigenvalue weighted by Crippen LogP contribution is -2.43. The summed E-state index contributed by atoms with van der Waals surface area (Å²) in [5.74, 6) is -2.05. The van der Waals surface area contributed by atoms with Crippen LogP contribution in [0, 0.1) is 0 Å². The molecule has 20 heavy (non-hydrogen) atoms. The molecule has 0 aromatic heterocycles. The van der Waals surface area contributed by atoms with E-state index in [1.165, 1.54) is 0 Å². The summed E-state index contributed by atoms with van der Waals surface area (Å²) in [6.45, 7) is -0.738. The zero-order valence-corrected chi connectivity index (χ0v) is 10.9. The predicted molar refractivity (Wildman–Crippen MR) is 71.6 cm³/mol. The van der Waals surface area contributed by atoms with Gasteiger partial charge >= 0.3 is 5.97 Å². The van der Waals surface area contributed by atoms with Crippen molar-refractivity contribution in [3.63, 3.8) is 0 Å². The zero-order valence-electron chi connectivity index (χ0n) is 10.9. The molecule has 0 aliphatic carbocycles. The summed E-state index contributed by atoms with van der Waals surface area (Å²) in [7, 11) is 0. The largest absolute Gasteiger partial charge is 0.480 e. The molecule has 7 nitrogen and oxygen atoms in total. The second kappa shape index (κ2) is 7.90. The lowest BCUT2D eigenvalue weighted by atomic mass is 10.2. The molecule has 0 aliphatic rings. The minimum Gasteiger partial charge on any atom is -0.480 e. The number of amides is 2. The summed E-state index contributed by atoms with van der Waals surface area (Å²) in [5.41, 5.74) is 5.92. The quantitative estimate of drug-likeness (QED) is 0.603. The molecule has 0 saturated carbocycles. The van der Waals surface area contributed by atoms with E-state index in [4.69, 9.17) is 10.8 Å². The van der Waals surface area contributed by atoms with Crippen LogP contribution in [-0.2, 0) is 20.9 Å². The summed E-state index contributed by atoms with van der Waals surface area (Å²) in [6.07, 6.45) is 0. The number of carbonyl (C=O) groups is 3. The smallest absolute Gasteiger partial charge is 0.323 e. The van der Waals surface area contributed by atoms with Gasteiger partial charge in [0.25, 0.3) is 0 Å². The lowest BCUT2D eigenvalue weighted by Gasteiger charge is -2.21. The zero-order chi connectivity index (χ0) is 15.0. The molecule has 1 aromatic carbocycles. The van der Waals surface area contributed by atoms with E-state index in [0.717, 1.165) is 10.5 Å². The predicted octanol–water partition coefficient (Wildman–Crippen LogP) is -0.825. The number of aliphatic carboxylic acids is 1. The van der Waals surface area contributed by atoms with E-state index in [0.29, 0.717) is 0 Å². The average Bonchev–Trinajstić information content (AvgIpc) is 2.44. The normalized spacial score (nSPS) is 9.85. The van der Waals surface area contributed by atoms with Gasteiger partial charge in [0.2, 0.25) is 11.8 Å². The number of nitrogens with two attached hydrogens (primary N) is 1. The van der Waals surface area contributed by atoms with Gasteiger partial charge < -0.3 is 21.1 Å². The highest BCUT2D eigenvalue weighted by Crippen LogP contribution is 2.04. The summed E-state index contributed by atoms with van der Waals surface area (Å²) < 4.78 is 0. The van der Waals surface area contributed by atoms with Crippen molar-refractivity contribution >= 4 is 17.8 Å². The Morgan fingerprint density at radius 3 is 2.40 bits per heavy atom. The Bertz CT molecular complexity index is 476. The Morgan fingerprint density at radius 1 is 1.20 bits per heavy atom. The van der Waals surface area contributed by atoms with Gasteiger partial charge in [0.05, 0.1) is 13.1 Å². The highest BCUT2D eigenvalue weighted by molar-refractivity contribution is 5.87. The van der Waals surface area contributed by atoms with Crippen LogP contribution >= 0.6 is 0 Å². The first kappa shape index (κ1) is 15.6. The van der Waals surface area contributed by atoms with E-state index in [2.05, 4.69) is 5.32 Å². The third kappa shape index (κ3) is 5.49. The standard InChI is InChI=1S/C13H17N3O4/c14-6-11(17)15-7-12(18)16(9-13(19)20)8-10-4-2-1-3-5-10/h1-5H,6-9,14H2,(H,15,17)(H,19,20). The molecular weight excluding hydrogens is 262 g/mol.